The summed E-state index contributed by atoms with van der Waals surface area (Å²) < 4.78 is 36.6. The number of imidazole rings is 1. The molecule has 0 amide bonds. The second-order valence-electron chi connectivity index (χ2n) is 7.99. The number of aryl methyl sites for hydroxylation is 1. The smallest absolute Gasteiger partial charge is 0.243 e. The van der Waals surface area contributed by atoms with Gasteiger partial charge in [-0.25, -0.2) is 17.6 Å². The van der Waals surface area contributed by atoms with Gasteiger partial charge in [-0.3, -0.25) is 4.79 Å². The molecule has 142 valence electrons. The number of Topliss-reactive ketones (excluding diaryl/α,β-unsaturated/α-hetero) is 1. The van der Waals surface area contributed by atoms with Crippen LogP contribution < -0.4 is 4.57 Å². The predicted octanol–water partition coefficient (Wildman–Crippen LogP) is 0.620. The summed E-state index contributed by atoms with van der Waals surface area (Å²) >= 11 is 0. The standard InChI is InChI=1S/C10H16O4S.C7H13N2O/c1-9(2)7-3-4-10(9,8(11)5-7)6-15(12,13)14;1-7(10)5-9-4-3-8(2)6-9/h7H,3-6H2,1-2H3,(H,12,13,14);3-4,6-7,10H,5H2,1-2H3/q;+1/p-1/t7-,10-;/m1./s1. The predicted molar refractivity (Wildman–Crippen MR) is 90.4 cm³/mol. The Morgan fingerprint density at radius 3 is 2.48 bits per heavy atom. The minimum atomic E-state index is -4.33. The molecule has 1 aromatic rings. The first-order valence-corrected chi connectivity index (χ1v) is 10.1. The average molecular weight is 372 g/mol. The maximum Gasteiger partial charge on any atom is 0.243 e. The summed E-state index contributed by atoms with van der Waals surface area (Å²) in [5.74, 6) is -0.280. The second-order valence-corrected chi connectivity index (χ2v) is 9.40. The summed E-state index contributed by atoms with van der Waals surface area (Å²) in [6, 6.07) is 0. The molecule has 3 rings (SSSR count). The summed E-state index contributed by atoms with van der Waals surface area (Å²) in [4.78, 5) is 11.8. The van der Waals surface area contributed by atoms with Crippen molar-refractivity contribution in [2.75, 3.05) is 5.75 Å². The van der Waals surface area contributed by atoms with Crippen LogP contribution in [-0.4, -0.2) is 40.3 Å². The monoisotopic (exact) mass is 372 g/mol. The molecule has 0 aromatic carbocycles. The minimum Gasteiger partial charge on any atom is -0.748 e. The first-order chi connectivity index (χ1) is 11.4. The highest BCUT2D eigenvalue weighted by Crippen LogP contribution is 2.64. The molecule has 1 unspecified atom stereocenters. The van der Waals surface area contributed by atoms with Crippen molar-refractivity contribution in [3.63, 3.8) is 0 Å². The van der Waals surface area contributed by atoms with Gasteiger partial charge in [0.25, 0.3) is 0 Å². The first kappa shape index (κ1) is 20.1. The molecule has 1 heterocycles. The van der Waals surface area contributed by atoms with Crippen LogP contribution >= 0.6 is 0 Å². The van der Waals surface area contributed by atoms with Gasteiger partial charge in [0.2, 0.25) is 6.33 Å². The highest BCUT2D eigenvalue weighted by molar-refractivity contribution is 7.85. The fourth-order valence-electron chi connectivity index (χ4n) is 4.32. The van der Waals surface area contributed by atoms with E-state index in [1.54, 1.807) is 6.92 Å². The van der Waals surface area contributed by atoms with Crippen molar-refractivity contribution in [3.05, 3.63) is 18.7 Å². The molecule has 0 spiro atoms. The largest absolute Gasteiger partial charge is 0.748 e. The van der Waals surface area contributed by atoms with Crippen LogP contribution in [0, 0.1) is 16.7 Å². The number of hydrogen-bond acceptors (Lipinski definition) is 5. The van der Waals surface area contributed by atoms with Crippen molar-refractivity contribution >= 4 is 15.9 Å². The van der Waals surface area contributed by atoms with Crippen molar-refractivity contribution in [1.82, 2.24) is 4.57 Å². The summed E-state index contributed by atoms with van der Waals surface area (Å²) in [6.07, 6.45) is 7.43. The normalized spacial score (nSPS) is 28.6. The molecule has 3 atom stereocenters. The van der Waals surface area contributed by atoms with E-state index in [0.29, 0.717) is 19.4 Å². The number of carbonyl (C=O) groups is 1. The third-order valence-corrected chi connectivity index (χ3v) is 6.71. The van der Waals surface area contributed by atoms with Gasteiger partial charge in [0, 0.05) is 11.8 Å². The Morgan fingerprint density at radius 1 is 1.48 bits per heavy atom. The topological polar surface area (TPSA) is 103 Å². The highest BCUT2D eigenvalue weighted by Gasteiger charge is 2.64. The Labute approximate surface area is 149 Å². The Morgan fingerprint density at radius 2 is 2.12 bits per heavy atom. The molecule has 0 aliphatic heterocycles. The van der Waals surface area contributed by atoms with Crippen LogP contribution in [0.3, 0.4) is 0 Å². The van der Waals surface area contributed by atoms with Crippen molar-refractivity contribution in [3.8, 4) is 0 Å². The van der Waals surface area contributed by atoms with Gasteiger partial charge in [0.05, 0.1) is 29.0 Å². The van der Waals surface area contributed by atoms with Crippen LogP contribution in [0.1, 0.15) is 40.0 Å². The van der Waals surface area contributed by atoms with E-state index >= 15 is 0 Å². The van der Waals surface area contributed by atoms with Crippen molar-refractivity contribution in [2.45, 2.75) is 52.7 Å². The Balaban J connectivity index is 0.000000196. The van der Waals surface area contributed by atoms with E-state index in [2.05, 4.69) is 0 Å². The lowest BCUT2D eigenvalue weighted by Crippen LogP contribution is -2.42. The van der Waals surface area contributed by atoms with E-state index in [1.165, 1.54) is 0 Å². The molecule has 2 saturated carbocycles. The first-order valence-electron chi connectivity index (χ1n) is 8.53. The van der Waals surface area contributed by atoms with E-state index in [4.69, 9.17) is 5.11 Å². The van der Waals surface area contributed by atoms with Crippen molar-refractivity contribution in [1.29, 1.82) is 0 Å². The third-order valence-electron chi connectivity index (χ3n) is 5.86. The van der Waals surface area contributed by atoms with Gasteiger partial charge in [-0.2, -0.15) is 0 Å². The highest BCUT2D eigenvalue weighted by atomic mass is 32.2. The van der Waals surface area contributed by atoms with E-state index in [1.807, 2.05) is 48.8 Å². The SMILES string of the molecule is CC(O)Cn1cc[n+](C)c1.CC1(C)[C@@H]2CC[C@@]1(CS(=O)(=O)[O-])C(=O)C2. The number of carbonyl (C=O) groups excluding carboxylic acids is 1. The van der Waals surface area contributed by atoms with Gasteiger partial charge >= 0.3 is 0 Å². The zero-order valence-corrected chi connectivity index (χ0v) is 16.1. The molecule has 8 heteroatoms. The summed E-state index contributed by atoms with van der Waals surface area (Å²) in [5.41, 5.74) is -1.22. The molecular weight excluding hydrogens is 344 g/mol. The maximum atomic E-state index is 11.8. The summed E-state index contributed by atoms with van der Waals surface area (Å²) in [5, 5.41) is 8.98. The lowest BCUT2D eigenvalue weighted by Gasteiger charge is -2.37. The quantitative estimate of drug-likeness (QED) is 0.616. The summed E-state index contributed by atoms with van der Waals surface area (Å²) in [7, 11) is -2.37. The minimum absolute atomic E-state index is 0.0248. The molecule has 2 aliphatic rings. The molecule has 2 bridgehead atoms. The Bertz CT molecular complexity index is 738. The van der Waals surface area contributed by atoms with Crippen LogP contribution in [0.5, 0.6) is 0 Å². The number of hydrogen-bond donors (Lipinski definition) is 1. The number of aliphatic hydroxyl groups excluding tert-OH is 1. The van der Waals surface area contributed by atoms with Crippen LogP contribution in [0.15, 0.2) is 18.7 Å². The second kappa shape index (κ2) is 6.81. The molecule has 1 N–H and O–H groups in total. The van der Waals surface area contributed by atoms with Gasteiger partial charge in [0.1, 0.15) is 24.7 Å². The van der Waals surface area contributed by atoms with Crippen LogP contribution in [0.2, 0.25) is 0 Å². The lowest BCUT2D eigenvalue weighted by atomic mass is 9.70. The van der Waals surface area contributed by atoms with Crippen molar-refractivity contribution < 1.29 is 27.4 Å². The van der Waals surface area contributed by atoms with Gasteiger partial charge in [0.15, 0.2) is 0 Å². The van der Waals surface area contributed by atoms with Crippen molar-refractivity contribution in [2.24, 2.45) is 23.8 Å². The number of rotatable bonds is 4. The Kier molecular flexibility index (Phi) is 5.47. The molecule has 0 saturated heterocycles. The van der Waals surface area contributed by atoms with Gasteiger partial charge in [-0.05, 0) is 31.1 Å². The molecule has 0 radical (unpaired) electrons. The van der Waals surface area contributed by atoms with E-state index in [9.17, 15) is 17.8 Å². The van der Waals surface area contributed by atoms with E-state index in [-0.39, 0.29) is 23.2 Å². The molecule has 2 aliphatic carbocycles. The number of nitrogens with zero attached hydrogens (tertiary/aromatic N) is 2. The molecule has 7 nitrogen and oxygen atoms in total. The van der Waals surface area contributed by atoms with Crippen LogP contribution in [0.4, 0.5) is 0 Å². The van der Waals surface area contributed by atoms with Crippen LogP contribution in [-0.2, 0) is 28.5 Å². The average Bonchev–Trinajstić information content (AvgIpc) is 2.98. The number of aliphatic hydroxyl groups is 1. The number of fused-ring (bicyclic) bond motifs is 2. The molecule has 2 fully saturated rings. The van der Waals surface area contributed by atoms with E-state index in [0.717, 1.165) is 6.42 Å². The van der Waals surface area contributed by atoms with Crippen LogP contribution in [0.25, 0.3) is 0 Å². The van der Waals surface area contributed by atoms with Gasteiger partial charge in [-0.1, -0.05) is 13.8 Å². The fraction of sp³-hybridized carbons (Fsp3) is 0.765. The zero-order chi connectivity index (χ0) is 19.0. The van der Waals surface area contributed by atoms with Gasteiger partial charge < -0.3 is 9.66 Å². The Hall–Kier alpha value is -1.25. The lowest BCUT2D eigenvalue weighted by molar-refractivity contribution is -0.671. The fourth-order valence-corrected chi connectivity index (χ4v) is 5.61. The molecular formula is C17H28N2O5S. The molecule has 1 aromatic heterocycles. The summed E-state index contributed by atoms with van der Waals surface area (Å²) in [6.45, 7) is 6.28. The number of aromatic nitrogens is 2. The molecule has 25 heavy (non-hydrogen) atoms. The number of ketones is 1. The van der Waals surface area contributed by atoms with Gasteiger partial charge in [-0.15, -0.1) is 0 Å². The van der Waals surface area contributed by atoms with E-state index < -0.39 is 21.3 Å². The zero-order valence-electron chi connectivity index (χ0n) is 15.3. The maximum absolute atomic E-state index is 11.8. The third kappa shape index (κ3) is 4.12.